The van der Waals surface area contributed by atoms with Gasteiger partial charge in [-0.25, -0.2) is 8.42 Å². The average molecular weight is 224 g/mol. The van der Waals surface area contributed by atoms with Crippen LogP contribution in [0.2, 0.25) is 0 Å². The first-order chi connectivity index (χ1) is 7.01. The van der Waals surface area contributed by atoms with Crippen LogP contribution < -0.4 is 0 Å². The standard InChI is InChI=1S/C11H12O3S/c1-9(12)11(7-8-11)15(13,14)10-5-3-2-4-6-10/h2-6H,7-8H2,1H3. The van der Waals surface area contributed by atoms with E-state index in [1.54, 1.807) is 30.3 Å². The van der Waals surface area contributed by atoms with Crippen molar-refractivity contribution in [3.05, 3.63) is 30.3 Å². The van der Waals surface area contributed by atoms with Crippen LogP contribution >= 0.6 is 0 Å². The molecule has 1 aliphatic rings. The first-order valence-electron chi connectivity index (χ1n) is 4.81. The van der Waals surface area contributed by atoms with Gasteiger partial charge in [0.2, 0.25) is 0 Å². The number of hydrogen-bond acceptors (Lipinski definition) is 3. The fourth-order valence-electron chi connectivity index (χ4n) is 1.75. The van der Waals surface area contributed by atoms with Crippen molar-refractivity contribution in [2.24, 2.45) is 0 Å². The second-order valence-electron chi connectivity index (χ2n) is 3.87. The molecule has 1 saturated carbocycles. The van der Waals surface area contributed by atoms with Crippen LogP contribution in [-0.2, 0) is 14.6 Å². The lowest BCUT2D eigenvalue weighted by Gasteiger charge is -2.12. The van der Waals surface area contributed by atoms with Crippen LogP contribution in [0.4, 0.5) is 0 Å². The van der Waals surface area contributed by atoms with E-state index in [1.807, 2.05) is 0 Å². The largest absolute Gasteiger partial charge is 0.298 e. The smallest absolute Gasteiger partial charge is 0.191 e. The van der Waals surface area contributed by atoms with Gasteiger partial charge in [0, 0.05) is 0 Å². The van der Waals surface area contributed by atoms with Crippen molar-refractivity contribution >= 4 is 15.6 Å². The zero-order valence-electron chi connectivity index (χ0n) is 8.43. The number of Topliss-reactive ketones (excluding diaryl/α,β-unsaturated/α-hetero) is 1. The molecule has 0 atom stereocenters. The van der Waals surface area contributed by atoms with Crippen LogP contribution in [0.1, 0.15) is 19.8 Å². The van der Waals surface area contributed by atoms with Crippen molar-refractivity contribution in [1.29, 1.82) is 0 Å². The Morgan fingerprint density at radius 3 is 2.13 bits per heavy atom. The van der Waals surface area contributed by atoms with Crippen LogP contribution in [0.3, 0.4) is 0 Å². The van der Waals surface area contributed by atoms with E-state index in [4.69, 9.17) is 0 Å². The Morgan fingerprint density at radius 1 is 1.20 bits per heavy atom. The fraction of sp³-hybridized carbons (Fsp3) is 0.364. The zero-order chi connectivity index (χ0) is 11.1. The summed E-state index contributed by atoms with van der Waals surface area (Å²) in [7, 11) is -3.48. The molecule has 0 saturated heterocycles. The number of carbonyl (C=O) groups excluding carboxylic acids is 1. The molecule has 2 rings (SSSR count). The van der Waals surface area contributed by atoms with Gasteiger partial charge in [0.1, 0.15) is 4.75 Å². The van der Waals surface area contributed by atoms with E-state index in [-0.39, 0.29) is 10.7 Å². The van der Waals surface area contributed by atoms with Crippen molar-refractivity contribution in [1.82, 2.24) is 0 Å². The lowest BCUT2D eigenvalue weighted by atomic mass is 10.3. The molecule has 0 aliphatic heterocycles. The van der Waals surface area contributed by atoms with Gasteiger partial charge in [-0.3, -0.25) is 4.79 Å². The van der Waals surface area contributed by atoms with Gasteiger partial charge in [-0.1, -0.05) is 18.2 Å². The number of rotatable bonds is 3. The quantitative estimate of drug-likeness (QED) is 0.783. The molecule has 0 N–H and O–H groups in total. The molecular weight excluding hydrogens is 212 g/mol. The maximum Gasteiger partial charge on any atom is 0.191 e. The van der Waals surface area contributed by atoms with E-state index in [2.05, 4.69) is 0 Å². The minimum atomic E-state index is -3.48. The first-order valence-corrected chi connectivity index (χ1v) is 6.30. The predicted octanol–water partition coefficient (Wildman–Crippen LogP) is 1.58. The molecule has 3 nitrogen and oxygen atoms in total. The third kappa shape index (κ3) is 1.40. The van der Waals surface area contributed by atoms with Gasteiger partial charge in [-0.2, -0.15) is 0 Å². The Balaban J connectivity index is 2.50. The molecule has 0 bridgehead atoms. The molecule has 1 aromatic rings. The Bertz CT molecular complexity index is 484. The molecule has 80 valence electrons. The summed E-state index contributed by atoms with van der Waals surface area (Å²) in [5.41, 5.74) is 0. The lowest BCUT2D eigenvalue weighted by molar-refractivity contribution is -0.117. The Morgan fingerprint density at radius 2 is 1.73 bits per heavy atom. The van der Waals surface area contributed by atoms with E-state index in [1.165, 1.54) is 6.92 Å². The summed E-state index contributed by atoms with van der Waals surface area (Å²) >= 11 is 0. The average Bonchev–Trinajstić information content (AvgIpc) is 3.00. The van der Waals surface area contributed by atoms with Crippen LogP contribution in [-0.4, -0.2) is 18.9 Å². The topological polar surface area (TPSA) is 51.2 Å². The third-order valence-electron chi connectivity index (χ3n) is 2.91. The molecule has 15 heavy (non-hydrogen) atoms. The normalized spacial score (nSPS) is 18.5. The van der Waals surface area contributed by atoms with Gasteiger partial charge in [0.05, 0.1) is 4.90 Å². The third-order valence-corrected chi connectivity index (χ3v) is 5.53. The van der Waals surface area contributed by atoms with Crippen LogP contribution in [0.15, 0.2) is 35.2 Å². The van der Waals surface area contributed by atoms with Crippen molar-refractivity contribution in [2.75, 3.05) is 0 Å². The van der Waals surface area contributed by atoms with Gasteiger partial charge in [0.25, 0.3) is 0 Å². The van der Waals surface area contributed by atoms with Gasteiger partial charge in [-0.05, 0) is 31.9 Å². The van der Waals surface area contributed by atoms with Crippen molar-refractivity contribution in [2.45, 2.75) is 29.4 Å². The minimum Gasteiger partial charge on any atom is -0.298 e. The maximum atomic E-state index is 12.1. The SMILES string of the molecule is CC(=O)C1(S(=O)(=O)c2ccccc2)CC1. The first kappa shape index (κ1) is 10.4. The Hall–Kier alpha value is -1.16. The van der Waals surface area contributed by atoms with Gasteiger partial charge < -0.3 is 0 Å². The van der Waals surface area contributed by atoms with E-state index < -0.39 is 14.6 Å². The summed E-state index contributed by atoms with van der Waals surface area (Å²) < 4.78 is 23.2. The molecule has 0 amide bonds. The summed E-state index contributed by atoms with van der Waals surface area (Å²) in [6, 6.07) is 8.18. The van der Waals surface area contributed by atoms with Crippen LogP contribution in [0, 0.1) is 0 Å². The highest BCUT2D eigenvalue weighted by Gasteiger charge is 2.58. The monoisotopic (exact) mass is 224 g/mol. The van der Waals surface area contributed by atoms with Gasteiger partial charge in [-0.15, -0.1) is 0 Å². The summed E-state index contributed by atoms with van der Waals surface area (Å²) in [6.07, 6.45) is 0.916. The molecule has 0 spiro atoms. The summed E-state index contributed by atoms with van der Waals surface area (Å²) in [5.74, 6) is -0.244. The summed E-state index contributed by atoms with van der Waals surface area (Å²) in [5, 5.41) is 0. The van der Waals surface area contributed by atoms with E-state index in [9.17, 15) is 13.2 Å². The van der Waals surface area contributed by atoms with E-state index >= 15 is 0 Å². The van der Waals surface area contributed by atoms with Crippen LogP contribution in [0.25, 0.3) is 0 Å². The number of sulfone groups is 1. The highest BCUT2D eigenvalue weighted by molar-refractivity contribution is 7.94. The molecular formula is C11H12O3S. The van der Waals surface area contributed by atoms with Crippen LogP contribution in [0.5, 0.6) is 0 Å². The van der Waals surface area contributed by atoms with E-state index in [0.717, 1.165) is 0 Å². The van der Waals surface area contributed by atoms with Gasteiger partial charge in [0.15, 0.2) is 15.6 Å². The molecule has 0 unspecified atom stereocenters. The van der Waals surface area contributed by atoms with Crippen molar-refractivity contribution in [3.8, 4) is 0 Å². The Labute approximate surface area is 89.0 Å². The molecule has 1 aliphatic carbocycles. The molecule has 0 aromatic heterocycles. The van der Waals surface area contributed by atoms with Crippen molar-refractivity contribution < 1.29 is 13.2 Å². The summed E-state index contributed by atoms with van der Waals surface area (Å²) in [4.78, 5) is 11.6. The van der Waals surface area contributed by atoms with Gasteiger partial charge >= 0.3 is 0 Å². The van der Waals surface area contributed by atoms with Crippen molar-refractivity contribution in [3.63, 3.8) is 0 Å². The Kier molecular flexibility index (Phi) is 2.19. The minimum absolute atomic E-state index is 0.244. The number of ketones is 1. The number of hydrogen-bond donors (Lipinski definition) is 0. The molecule has 0 radical (unpaired) electrons. The molecule has 1 aromatic carbocycles. The molecule has 1 fully saturated rings. The highest BCUT2D eigenvalue weighted by atomic mass is 32.2. The number of benzene rings is 1. The lowest BCUT2D eigenvalue weighted by Crippen LogP contribution is -2.30. The maximum absolute atomic E-state index is 12.1. The zero-order valence-corrected chi connectivity index (χ0v) is 9.25. The second kappa shape index (κ2) is 3.17. The summed E-state index contributed by atoms with van der Waals surface area (Å²) in [6.45, 7) is 1.35. The fourth-order valence-corrected chi connectivity index (χ4v) is 3.73. The molecule has 0 heterocycles. The highest BCUT2D eigenvalue weighted by Crippen LogP contribution is 2.47. The number of carbonyl (C=O) groups is 1. The predicted molar refractivity (Wildman–Crippen MR) is 56.3 cm³/mol. The second-order valence-corrected chi connectivity index (χ2v) is 6.13. The van der Waals surface area contributed by atoms with E-state index in [0.29, 0.717) is 12.8 Å². The molecule has 4 heteroatoms.